The molecule has 0 aromatic heterocycles. The molecule has 1 atom stereocenters. The minimum absolute atomic E-state index is 0.0737. The highest BCUT2D eigenvalue weighted by molar-refractivity contribution is 6.28. The quantitative estimate of drug-likeness (QED) is 0.472. The number of hydrogen-bond acceptors (Lipinski definition) is 2. The van der Waals surface area contributed by atoms with E-state index in [0.29, 0.717) is 0 Å². The van der Waals surface area contributed by atoms with Gasteiger partial charge in [-0.1, -0.05) is 6.08 Å². The summed E-state index contributed by atoms with van der Waals surface area (Å²) in [5, 5.41) is 7.43. The molecule has 0 radical (unpaired) electrons. The van der Waals surface area contributed by atoms with Crippen LogP contribution in [0.1, 0.15) is 19.3 Å². The van der Waals surface area contributed by atoms with Crippen LogP contribution in [0.3, 0.4) is 0 Å². The third kappa shape index (κ3) is 0.994. The van der Waals surface area contributed by atoms with Crippen LogP contribution in [0.2, 0.25) is 5.31 Å². The molecular formula is C9H15BN2. The summed E-state index contributed by atoms with van der Waals surface area (Å²) >= 11 is 0. The van der Waals surface area contributed by atoms with Gasteiger partial charge >= 0.3 is 0 Å². The van der Waals surface area contributed by atoms with Crippen molar-refractivity contribution in [3.8, 4) is 0 Å². The molecule has 1 unspecified atom stereocenters. The average molecular weight is 162 g/mol. The Hall–Kier alpha value is -0.725. The van der Waals surface area contributed by atoms with E-state index in [0.717, 1.165) is 6.42 Å². The Kier molecular flexibility index (Phi) is 1.74. The highest BCUT2D eigenvalue weighted by atomic mass is 15.2. The van der Waals surface area contributed by atoms with Gasteiger partial charge in [0.25, 0.3) is 0 Å². The molecule has 1 heterocycles. The summed E-state index contributed by atoms with van der Waals surface area (Å²) in [6.45, 7) is 2.41. The fourth-order valence-corrected chi connectivity index (χ4v) is 2.10. The Labute approximate surface area is 74.6 Å². The zero-order valence-electron chi connectivity index (χ0n) is 7.64. The monoisotopic (exact) mass is 162 g/mol. The van der Waals surface area contributed by atoms with E-state index in [1.54, 1.807) is 6.21 Å². The first-order chi connectivity index (χ1) is 5.76. The summed E-state index contributed by atoms with van der Waals surface area (Å²) in [5.41, 5.74) is 1.40. The Morgan fingerprint density at radius 2 is 2.17 bits per heavy atom. The van der Waals surface area contributed by atoms with Gasteiger partial charge in [0.2, 0.25) is 0 Å². The predicted octanol–water partition coefficient (Wildman–Crippen LogP) is 0.811. The number of likely N-dealkylation sites (tertiary alicyclic amines) is 1. The lowest BCUT2D eigenvalue weighted by Crippen LogP contribution is -2.35. The fraction of sp³-hybridized carbons (Fsp3) is 0.667. The van der Waals surface area contributed by atoms with Gasteiger partial charge in [0, 0.05) is 24.1 Å². The SMILES string of the molecule is BC1(C=N)CC=C1N1CCCC1. The van der Waals surface area contributed by atoms with Crippen molar-refractivity contribution in [2.75, 3.05) is 13.1 Å². The molecule has 0 aromatic carbocycles. The van der Waals surface area contributed by atoms with E-state index in [9.17, 15) is 0 Å². The summed E-state index contributed by atoms with van der Waals surface area (Å²) in [6.07, 6.45) is 7.58. The van der Waals surface area contributed by atoms with Crippen molar-refractivity contribution in [1.29, 1.82) is 5.41 Å². The van der Waals surface area contributed by atoms with Crippen molar-refractivity contribution in [1.82, 2.24) is 4.90 Å². The van der Waals surface area contributed by atoms with Crippen molar-refractivity contribution in [3.05, 3.63) is 11.8 Å². The van der Waals surface area contributed by atoms with E-state index < -0.39 is 0 Å². The lowest BCUT2D eigenvalue weighted by atomic mass is 9.58. The van der Waals surface area contributed by atoms with Crippen molar-refractivity contribution < 1.29 is 0 Å². The van der Waals surface area contributed by atoms with Gasteiger partial charge in [-0.25, -0.2) is 0 Å². The number of hydrogen-bond donors (Lipinski definition) is 1. The van der Waals surface area contributed by atoms with Gasteiger partial charge < -0.3 is 10.3 Å². The molecule has 0 bridgehead atoms. The molecule has 0 saturated carbocycles. The highest BCUT2D eigenvalue weighted by Gasteiger charge is 2.36. The number of nitrogens with zero attached hydrogens (tertiary/aromatic N) is 1. The molecule has 1 saturated heterocycles. The number of rotatable bonds is 2. The van der Waals surface area contributed by atoms with E-state index >= 15 is 0 Å². The minimum Gasteiger partial charge on any atom is -0.375 e. The lowest BCUT2D eigenvalue weighted by molar-refractivity contribution is 0.374. The first-order valence-electron chi connectivity index (χ1n) is 4.73. The zero-order chi connectivity index (χ0) is 8.60. The molecule has 0 spiro atoms. The van der Waals surface area contributed by atoms with Gasteiger partial charge in [0.1, 0.15) is 7.85 Å². The Balaban J connectivity index is 2.10. The van der Waals surface area contributed by atoms with Crippen LogP contribution in [-0.4, -0.2) is 32.1 Å². The van der Waals surface area contributed by atoms with Crippen LogP contribution >= 0.6 is 0 Å². The second-order valence-electron chi connectivity index (χ2n) is 4.05. The van der Waals surface area contributed by atoms with Crippen LogP contribution in [0.5, 0.6) is 0 Å². The third-order valence-corrected chi connectivity index (χ3v) is 3.07. The maximum absolute atomic E-state index is 7.36. The number of nitrogens with one attached hydrogen (secondary N) is 1. The second kappa shape index (κ2) is 2.65. The summed E-state index contributed by atoms with van der Waals surface area (Å²) in [6, 6.07) is 0. The molecule has 2 nitrogen and oxygen atoms in total. The summed E-state index contributed by atoms with van der Waals surface area (Å²) in [4.78, 5) is 2.44. The smallest absolute Gasteiger partial charge is 0.124 e. The highest BCUT2D eigenvalue weighted by Crippen LogP contribution is 2.45. The van der Waals surface area contributed by atoms with Gasteiger partial charge in [-0.2, -0.15) is 0 Å². The summed E-state index contributed by atoms with van der Waals surface area (Å²) < 4.78 is 0. The van der Waals surface area contributed by atoms with E-state index in [2.05, 4.69) is 18.8 Å². The largest absolute Gasteiger partial charge is 0.375 e. The lowest BCUT2D eigenvalue weighted by Gasteiger charge is -2.41. The van der Waals surface area contributed by atoms with E-state index in [1.807, 2.05) is 0 Å². The van der Waals surface area contributed by atoms with Crippen molar-refractivity contribution in [2.45, 2.75) is 24.6 Å². The standard InChI is InChI=1S/C9H15BN2/c10-9(7-11)4-3-8(9)12-5-1-2-6-12/h3,7,11H,1-2,4-6,10H2. The molecule has 2 aliphatic rings. The minimum atomic E-state index is 0.0737. The van der Waals surface area contributed by atoms with Gasteiger partial charge in [-0.15, -0.1) is 0 Å². The topological polar surface area (TPSA) is 27.1 Å². The fourth-order valence-electron chi connectivity index (χ4n) is 2.10. The van der Waals surface area contributed by atoms with Crippen molar-refractivity contribution in [2.24, 2.45) is 0 Å². The van der Waals surface area contributed by atoms with E-state index in [-0.39, 0.29) is 5.31 Å². The first kappa shape index (κ1) is 7.90. The number of allylic oxidation sites excluding steroid dienone is 2. The molecule has 2 rings (SSSR count). The molecule has 0 aromatic rings. The van der Waals surface area contributed by atoms with Crippen molar-refractivity contribution >= 4 is 14.1 Å². The average Bonchev–Trinajstić information content (AvgIpc) is 2.54. The molecule has 0 amide bonds. The molecule has 64 valence electrons. The maximum atomic E-state index is 7.36. The van der Waals surface area contributed by atoms with Gasteiger partial charge in [-0.05, 0) is 25.5 Å². The van der Waals surface area contributed by atoms with Crippen LogP contribution in [0.25, 0.3) is 0 Å². The van der Waals surface area contributed by atoms with Crippen molar-refractivity contribution in [3.63, 3.8) is 0 Å². The van der Waals surface area contributed by atoms with Gasteiger partial charge in [-0.3, -0.25) is 0 Å². The zero-order valence-corrected chi connectivity index (χ0v) is 7.64. The maximum Gasteiger partial charge on any atom is 0.124 e. The first-order valence-corrected chi connectivity index (χ1v) is 4.73. The van der Waals surface area contributed by atoms with Crippen LogP contribution in [-0.2, 0) is 0 Å². The summed E-state index contributed by atoms with van der Waals surface area (Å²) in [7, 11) is 2.16. The van der Waals surface area contributed by atoms with Gasteiger partial charge in [0.15, 0.2) is 0 Å². The third-order valence-electron chi connectivity index (χ3n) is 3.07. The van der Waals surface area contributed by atoms with E-state index in [1.165, 1.54) is 31.6 Å². The Morgan fingerprint density at radius 3 is 2.58 bits per heavy atom. The second-order valence-corrected chi connectivity index (χ2v) is 4.05. The predicted molar refractivity (Wildman–Crippen MR) is 53.5 cm³/mol. The van der Waals surface area contributed by atoms with Crippen LogP contribution in [0, 0.1) is 5.41 Å². The molecule has 3 heteroatoms. The normalized spacial score (nSPS) is 34.3. The molecule has 1 aliphatic heterocycles. The van der Waals surface area contributed by atoms with E-state index in [4.69, 9.17) is 5.41 Å². The van der Waals surface area contributed by atoms with Gasteiger partial charge in [0.05, 0.1) is 0 Å². The van der Waals surface area contributed by atoms with Crippen LogP contribution in [0.4, 0.5) is 0 Å². The Morgan fingerprint density at radius 1 is 1.50 bits per heavy atom. The summed E-state index contributed by atoms with van der Waals surface area (Å²) in [5.74, 6) is 0. The molecular weight excluding hydrogens is 147 g/mol. The van der Waals surface area contributed by atoms with Crippen LogP contribution < -0.4 is 0 Å². The van der Waals surface area contributed by atoms with Crippen LogP contribution in [0.15, 0.2) is 11.8 Å². The molecule has 1 N–H and O–H groups in total. The molecule has 12 heavy (non-hydrogen) atoms. The molecule has 1 fully saturated rings. The molecule has 1 aliphatic carbocycles. The Bertz CT molecular complexity index is 231.